The molecule has 0 unspecified atom stereocenters. The van der Waals surface area contributed by atoms with Crippen LogP contribution in [-0.2, 0) is 54.8 Å². The maximum atomic E-state index is 6.84. The largest absolute Gasteiger partial charge is 0.374 e. The Labute approximate surface area is 272 Å². The molecular weight excluding hydrogens is 576 g/mol. The van der Waals surface area contributed by atoms with Crippen LogP contribution in [0.15, 0.2) is 134 Å². The van der Waals surface area contributed by atoms with E-state index < -0.39 is 30.2 Å². The summed E-state index contributed by atoms with van der Waals surface area (Å²) < 4.78 is 39.7. The molecule has 0 spiro atoms. The molecule has 4 aromatic rings. The van der Waals surface area contributed by atoms with Crippen molar-refractivity contribution in [3.05, 3.63) is 156 Å². The third-order valence-corrected chi connectivity index (χ3v) is 7.64. The monoisotopic (exact) mass is 618 g/mol. The highest BCUT2D eigenvalue weighted by Crippen LogP contribution is 2.38. The van der Waals surface area contributed by atoms with Gasteiger partial charge in [0, 0.05) is 0 Å². The number of hydrogen-bond acceptors (Lipinski definition) is 6. The molecule has 1 aliphatic rings. The van der Waals surface area contributed by atoms with Crippen molar-refractivity contribution in [2.24, 2.45) is 0 Å². The van der Waals surface area contributed by atoms with Crippen LogP contribution in [0.25, 0.3) is 0 Å². The van der Waals surface area contributed by atoms with Crippen molar-refractivity contribution in [1.29, 1.82) is 0 Å². The highest BCUT2D eigenvalue weighted by atomic mass is 16.7. The highest BCUT2D eigenvalue weighted by Gasteiger charge is 2.57. The lowest BCUT2D eigenvalue weighted by molar-refractivity contribution is -0.358. The zero-order chi connectivity index (χ0) is 31.9. The number of ether oxygens (including phenoxy) is 6. The topological polar surface area (TPSA) is 55.4 Å². The molecule has 6 nitrogen and oxygen atoms in total. The summed E-state index contributed by atoms with van der Waals surface area (Å²) in [5.74, 6) is 4.78. The zero-order valence-electron chi connectivity index (χ0n) is 26.3. The van der Waals surface area contributed by atoms with Gasteiger partial charge in [-0.2, -0.15) is 0 Å². The second-order valence-electron chi connectivity index (χ2n) is 11.0. The second-order valence-corrected chi connectivity index (χ2v) is 11.0. The highest BCUT2D eigenvalue weighted by molar-refractivity contribution is 5.21. The van der Waals surface area contributed by atoms with Crippen molar-refractivity contribution in [2.75, 3.05) is 13.2 Å². The smallest absolute Gasteiger partial charge is 0.264 e. The predicted octanol–water partition coefficient (Wildman–Crippen LogP) is 7.28. The molecule has 0 aliphatic carbocycles. The van der Waals surface area contributed by atoms with Gasteiger partial charge in [0.2, 0.25) is 0 Å². The first kappa shape index (κ1) is 33.3. The van der Waals surface area contributed by atoms with E-state index in [-0.39, 0.29) is 13.2 Å². The Kier molecular flexibility index (Phi) is 12.7. The summed E-state index contributed by atoms with van der Waals surface area (Å²) in [6.07, 6.45) is -0.933. The summed E-state index contributed by atoms with van der Waals surface area (Å²) in [5.41, 5.74) is 4.11. The molecule has 46 heavy (non-hydrogen) atoms. The van der Waals surface area contributed by atoms with Crippen LogP contribution in [0, 0.1) is 11.8 Å². The standard InChI is InChI=1S/C40H42O6/c1-3-25-40(45-26-4-2)39(44-30-35-23-15-8-16-24-35)38(43-29-34-21-13-7-14-22-34)37(42-28-33-19-11-6-12-20-33)36(46-40)31-41-27-32-17-9-5-10-18-32/h4-24,36-39H,2,26-31H2,1H3/t36-,37-,38+,39-,40+/m1/s1. The molecule has 5 rings (SSSR count). The van der Waals surface area contributed by atoms with Gasteiger partial charge in [0.25, 0.3) is 5.79 Å². The molecule has 0 N–H and O–H groups in total. The summed E-state index contributed by atoms with van der Waals surface area (Å²) >= 11 is 0. The normalized spacial score (nSPS) is 22.5. The average Bonchev–Trinajstić information content (AvgIpc) is 3.11. The molecule has 0 saturated carbocycles. The van der Waals surface area contributed by atoms with Crippen molar-refractivity contribution < 1.29 is 28.4 Å². The Morgan fingerprint density at radius 2 is 1.11 bits per heavy atom. The van der Waals surface area contributed by atoms with Crippen LogP contribution >= 0.6 is 0 Å². The van der Waals surface area contributed by atoms with Crippen LogP contribution in [0.2, 0.25) is 0 Å². The van der Waals surface area contributed by atoms with Crippen molar-refractivity contribution in [3.8, 4) is 11.8 Å². The lowest BCUT2D eigenvalue weighted by Gasteiger charge is -2.50. The van der Waals surface area contributed by atoms with Crippen LogP contribution in [0.5, 0.6) is 0 Å². The first-order valence-electron chi connectivity index (χ1n) is 15.7. The Morgan fingerprint density at radius 1 is 0.652 bits per heavy atom. The number of benzene rings is 4. The molecule has 0 aromatic heterocycles. The first-order chi connectivity index (χ1) is 22.7. The third-order valence-electron chi connectivity index (χ3n) is 7.64. The summed E-state index contributed by atoms with van der Waals surface area (Å²) in [7, 11) is 0. The van der Waals surface area contributed by atoms with Crippen molar-refractivity contribution >= 4 is 0 Å². The summed E-state index contributed by atoms with van der Waals surface area (Å²) in [4.78, 5) is 0. The average molecular weight is 619 g/mol. The number of rotatable bonds is 16. The Bertz CT molecular complexity index is 1500. The van der Waals surface area contributed by atoms with Crippen molar-refractivity contribution in [3.63, 3.8) is 0 Å². The molecule has 1 saturated heterocycles. The minimum atomic E-state index is -1.48. The van der Waals surface area contributed by atoms with E-state index in [1.54, 1.807) is 13.0 Å². The Balaban J connectivity index is 1.51. The first-order valence-corrected chi connectivity index (χ1v) is 15.7. The SMILES string of the molecule is C=CCO[C@@]1(C#CC)O[C@H](COCc2ccccc2)[C@@H](OCc2ccccc2)[C@H](OCc2ccccc2)[C@H]1OCc1ccccc1. The van der Waals surface area contributed by atoms with Crippen LogP contribution in [-0.4, -0.2) is 43.4 Å². The molecule has 1 heterocycles. The van der Waals surface area contributed by atoms with E-state index >= 15 is 0 Å². The van der Waals surface area contributed by atoms with Crippen LogP contribution in [0.4, 0.5) is 0 Å². The fourth-order valence-corrected chi connectivity index (χ4v) is 5.45. The fourth-order valence-electron chi connectivity index (χ4n) is 5.45. The van der Waals surface area contributed by atoms with E-state index in [0.29, 0.717) is 26.4 Å². The van der Waals surface area contributed by atoms with Gasteiger partial charge in [0.15, 0.2) is 6.10 Å². The van der Waals surface area contributed by atoms with E-state index in [1.807, 2.05) is 121 Å². The van der Waals surface area contributed by atoms with Gasteiger partial charge in [0.1, 0.15) is 18.3 Å². The predicted molar refractivity (Wildman–Crippen MR) is 178 cm³/mol. The van der Waals surface area contributed by atoms with Gasteiger partial charge < -0.3 is 28.4 Å². The van der Waals surface area contributed by atoms with E-state index in [1.165, 1.54) is 0 Å². The minimum Gasteiger partial charge on any atom is -0.374 e. The molecule has 1 aliphatic heterocycles. The molecule has 5 atom stereocenters. The van der Waals surface area contributed by atoms with Gasteiger partial charge in [-0.05, 0) is 35.1 Å². The molecule has 0 radical (unpaired) electrons. The number of hydrogen-bond donors (Lipinski definition) is 0. The summed E-state index contributed by atoms with van der Waals surface area (Å²) in [6.45, 7) is 7.44. The molecular formula is C40H42O6. The van der Waals surface area contributed by atoms with Crippen LogP contribution < -0.4 is 0 Å². The van der Waals surface area contributed by atoms with Crippen molar-refractivity contribution in [2.45, 2.75) is 63.6 Å². The van der Waals surface area contributed by atoms with E-state index in [4.69, 9.17) is 28.4 Å². The van der Waals surface area contributed by atoms with E-state index in [9.17, 15) is 0 Å². The van der Waals surface area contributed by atoms with Gasteiger partial charge in [-0.15, -0.1) is 12.5 Å². The quantitative estimate of drug-likeness (QED) is 0.0972. The van der Waals surface area contributed by atoms with Crippen molar-refractivity contribution in [1.82, 2.24) is 0 Å². The molecule has 1 fully saturated rings. The zero-order valence-corrected chi connectivity index (χ0v) is 26.3. The molecule has 0 amide bonds. The van der Waals surface area contributed by atoms with E-state index in [2.05, 4.69) is 18.4 Å². The molecule has 6 heteroatoms. The van der Waals surface area contributed by atoms with Gasteiger partial charge >= 0.3 is 0 Å². The maximum absolute atomic E-state index is 6.84. The molecule has 238 valence electrons. The second kappa shape index (κ2) is 17.6. The summed E-state index contributed by atoms with van der Waals surface area (Å²) in [6, 6.07) is 40.1. The third kappa shape index (κ3) is 9.24. The van der Waals surface area contributed by atoms with E-state index in [0.717, 1.165) is 22.3 Å². The van der Waals surface area contributed by atoms with Gasteiger partial charge in [0.05, 0.1) is 39.6 Å². The van der Waals surface area contributed by atoms with Crippen LogP contribution in [0.3, 0.4) is 0 Å². The fraction of sp³-hybridized carbons (Fsp3) is 0.300. The van der Waals surface area contributed by atoms with Gasteiger partial charge in [-0.3, -0.25) is 0 Å². The van der Waals surface area contributed by atoms with Gasteiger partial charge in [-0.25, -0.2) is 0 Å². The molecule has 0 bridgehead atoms. The Hall–Kier alpha value is -4.06. The lowest BCUT2D eigenvalue weighted by Crippen LogP contribution is -2.67. The van der Waals surface area contributed by atoms with Crippen LogP contribution in [0.1, 0.15) is 29.2 Å². The van der Waals surface area contributed by atoms with Gasteiger partial charge in [-0.1, -0.05) is 127 Å². The molecule has 4 aromatic carbocycles. The Morgan fingerprint density at radius 3 is 1.59 bits per heavy atom. The summed E-state index contributed by atoms with van der Waals surface area (Å²) in [5, 5.41) is 0. The minimum absolute atomic E-state index is 0.193. The lowest BCUT2D eigenvalue weighted by atomic mass is 9.91. The maximum Gasteiger partial charge on any atom is 0.264 e.